The van der Waals surface area contributed by atoms with E-state index in [9.17, 15) is 18.8 Å². The van der Waals surface area contributed by atoms with Crippen LogP contribution in [0.15, 0.2) is 23.3 Å². The highest BCUT2D eigenvalue weighted by Gasteiger charge is 2.41. The summed E-state index contributed by atoms with van der Waals surface area (Å²) >= 11 is 7.36. The molecule has 0 saturated heterocycles. The summed E-state index contributed by atoms with van der Waals surface area (Å²) < 4.78 is 19.5. The van der Waals surface area contributed by atoms with Crippen LogP contribution in [0.25, 0.3) is 0 Å². The van der Waals surface area contributed by atoms with Gasteiger partial charge in [-0.05, 0) is 43.6 Å². The number of hydrogen-bond acceptors (Lipinski definition) is 5. The van der Waals surface area contributed by atoms with Crippen molar-refractivity contribution in [3.63, 3.8) is 0 Å². The average Bonchev–Trinajstić information content (AvgIpc) is 2.87. The maximum atomic E-state index is 14.5. The van der Waals surface area contributed by atoms with Crippen LogP contribution in [-0.4, -0.2) is 29.5 Å². The Hall–Kier alpha value is -1.86. The van der Waals surface area contributed by atoms with E-state index in [0.717, 1.165) is 35.6 Å². The van der Waals surface area contributed by atoms with Gasteiger partial charge in [-0.15, -0.1) is 11.8 Å². The fourth-order valence-electron chi connectivity index (χ4n) is 3.08. The lowest BCUT2D eigenvalue weighted by Crippen LogP contribution is -2.32. The molecule has 26 heavy (non-hydrogen) atoms. The van der Waals surface area contributed by atoms with E-state index in [-0.39, 0.29) is 22.2 Å². The Bertz CT molecular complexity index is 796. The van der Waals surface area contributed by atoms with Crippen molar-refractivity contribution in [2.45, 2.75) is 32.6 Å². The van der Waals surface area contributed by atoms with Crippen LogP contribution in [0.1, 0.15) is 43.0 Å². The van der Waals surface area contributed by atoms with Crippen LogP contribution in [0.2, 0.25) is 5.02 Å². The van der Waals surface area contributed by atoms with E-state index in [1.165, 1.54) is 11.8 Å². The predicted molar refractivity (Wildman–Crippen MR) is 97.8 cm³/mol. The van der Waals surface area contributed by atoms with Gasteiger partial charge in [-0.2, -0.15) is 0 Å². The number of benzene rings is 1. The number of thioether (sulfide) groups is 1. The molecule has 8 heteroatoms. The Balaban J connectivity index is 1.93. The minimum Gasteiger partial charge on any atom is -0.451 e. The molecule has 0 N–H and O–H groups in total. The third-order valence-corrected chi connectivity index (χ3v) is 5.37. The molecule has 2 aliphatic rings. The van der Waals surface area contributed by atoms with E-state index < -0.39 is 23.6 Å². The van der Waals surface area contributed by atoms with Gasteiger partial charge in [0.2, 0.25) is 0 Å². The number of ether oxygens (including phenoxy) is 1. The number of halogens is 2. The molecule has 1 aromatic carbocycles. The van der Waals surface area contributed by atoms with Gasteiger partial charge < -0.3 is 4.74 Å². The number of hydrogen-bond donors (Lipinski definition) is 0. The molecule has 0 unspecified atom stereocenters. The van der Waals surface area contributed by atoms with Gasteiger partial charge in [-0.3, -0.25) is 9.59 Å². The summed E-state index contributed by atoms with van der Waals surface area (Å²) in [5, 5.41) is -0.130. The Morgan fingerprint density at radius 3 is 2.42 bits per heavy atom. The maximum Gasteiger partial charge on any atom is 0.340 e. The third kappa shape index (κ3) is 3.38. The molecule has 1 aromatic rings. The average molecular weight is 398 g/mol. The van der Waals surface area contributed by atoms with Gasteiger partial charge in [-0.1, -0.05) is 18.5 Å². The predicted octanol–water partition coefficient (Wildman–Crippen LogP) is 4.09. The van der Waals surface area contributed by atoms with Crippen molar-refractivity contribution in [2.75, 3.05) is 16.6 Å². The van der Waals surface area contributed by atoms with E-state index in [4.69, 9.17) is 16.3 Å². The Morgan fingerprint density at radius 2 is 1.85 bits per heavy atom. The van der Waals surface area contributed by atoms with Crippen LogP contribution < -0.4 is 4.90 Å². The standard InChI is InChI=1S/C18H17ClFNO4S/c1-2-26-9-25-18(24)12-7-15(14(20)8-13(12)19)21-16(22)10-5-3-4-6-11(10)17(21)23/h7-8H,2-6,9H2,1H3. The van der Waals surface area contributed by atoms with Crippen molar-refractivity contribution in [3.8, 4) is 0 Å². The van der Waals surface area contributed by atoms with Gasteiger partial charge in [0.25, 0.3) is 11.8 Å². The number of anilines is 1. The van der Waals surface area contributed by atoms with E-state index in [0.29, 0.717) is 24.0 Å². The lowest BCUT2D eigenvalue weighted by molar-refractivity contribution is -0.120. The molecule has 0 atom stereocenters. The quantitative estimate of drug-likeness (QED) is 0.324. The van der Waals surface area contributed by atoms with Crippen molar-refractivity contribution in [2.24, 2.45) is 0 Å². The summed E-state index contributed by atoms with van der Waals surface area (Å²) in [7, 11) is 0. The first-order valence-corrected chi connectivity index (χ1v) is 9.83. The van der Waals surface area contributed by atoms with Gasteiger partial charge in [0.15, 0.2) is 0 Å². The summed E-state index contributed by atoms with van der Waals surface area (Å²) in [4.78, 5) is 38.2. The first-order chi connectivity index (χ1) is 12.5. The highest BCUT2D eigenvalue weighted by Crippen LogP contribution is 2.37. The third-order valence-electron chi connectivity index (χ3n) is 4.37. The highest BCUT2D eigenvalue weighted by molar-refractivity contribution is 7.99. The second kappa shape index (κ2) is 7.80. The van der Waals surface area contributed by atoms with Crippen LogP contribution >= 0.6 is 23.4 Å². The Kier molecular flexibility index (Phi) is 5.67. The van der Waals surface area contributed by atoms with Crippen molar-refractivity contribution in [1.29, 1.82) is 0 Å². The molecule has 138 valence electrons. The van der Waals surface area contributed by atoms with E-state index in [2.05, 4.69) is 0 Å². The lowest BCUT2D eigenvalue weighted by atomic mass is 9.93. The first kappa shape index (κ1) is 18.9. The van der Waals surface area contributed by atoms with E-state index in [1.54, 1.807) is 0 Å². The zero-order chi connectivity index (χ0) is 18.8. The Labute approximate surface area is 159 Å². The summed E-state index contributed by atoms with van der Waals surface area (Å²) in [6.07, 6.45) is 2.66. The number of imide groups is 1. The zero-order valence-corrected chi connectivity index (χ0v) is 15.7. The van der Waals surface area contributed by atoms with Crippen LogP contribution in [0.3, 0.4) is 0 Å². The normalized spacial score (nSPS) is 17.0. The summed E-state index contributed by atoms with van der Waals surface area (Å²) in [5.41, 5.74) is 0.539. The minimum absolute atomic E-state index is 0.0785. The number of amides is 2. The van der Waals surface area contributed by atoms with Crippen molar-refractivity contribution >= 4 is 46.8 Å². The minimum atomic E-state index is -0.837. The zero-order valence-electron chi connectivity index (χ0n) is 14.1. The number of rotatable bonds is 5. The second-order valence-electron chi connectivity index (χ2n) is 5.94. The molecule has 1 heterocycles. The van der Waals surface area contributed by atoms with E-state index in [1.807, 2.05) is 6.92 Å². The monoisotopic (exact) mass is 397 g/mol. The summed E-state index contributed by atoms with van der Waals surface area (Å²) in [6.45, 7) is 1.92. The molecule has 3 rings (SSSR count). The fourth-order valence-corrected chi connectivity index (χ4v) is 3.66. The molecule has 0 saturated carbocycles. The molecule has 1 aliphatic heterocycles. The number of esters is 1. The van der Waals surface area contributed by atoms with Gasteiger partial charge in [0, 0.05) is 11.1 Å². The molecule has 1 aliphatic carbocycles. The smallest absolute Gasteiger partial charge is 0.340 e. The van der Waals surface area contributed by atoms with Crippen LogP contribution in [0, 0.1) is 5.82 Å². The van der Waals surface area contributed by atoms with Crippen molar-refractivity contribution < 1.29 is 23.5 Å². The SMILES string of the molecule is CCSCOC(=O)c1cc(N2C(=O)C3=C(CCCC3)C2=O)c(F)cc1Cl. The lowest BCUT2D eigenvalue weighted by Gasteiger charge is -2.17. The van der Waals surface area contributed by atoms with Crippen LogP contribution in [0.5, 0.6) is 0 Å². The fraction of sp³-hybridized carbons (Fsp3) is 0.389. The summed E-state index contributed by atoms with van der Waals surface area (Å²) in [5.74, 6) is -1.71. The largest absolute Gasteiger partial charge is 0.451 e. The van der Waals surface area contributed by atoms with Gasteiger partial charge in [-0.25, -0.2) is 14.1 Å². The highest BCUT2D eigenvalue weighted by atomic mass is 35.5. The number of carbonyl (C=O) groups excluding carboxylic acids is 3. The molecule has 0 aromatic heterocycles. The van der Waals surface area contributed by atoms with Gasteiger partial charge >= 0.3 is 5.97 Å². The topological polar surface area (TPSA) is 63.7 Å². The van der Waals surface area contributed by atoms with Crippen LogP contribution in [0.4, 0.5) is 10.1 Å². The molecule has 0 radical (unpaired) electrons. The van der Waals surface area contributed by atoms with Crippen molar-refractivity contribution in [1.82, 2.24) is 0 Å². The second-order valence-corrected chi connectivity index (χ2v) is 7.56. The molecular weight excluding hydrogens is 381 g/mol. The molecular formula is C18H17ClFNO4S. The molecule has 0 bridgehead atoms. The van der Waals surface area contributed by atoms with Crippen LogP contribution in [-0.2, 0) is 14.3 Å². The molecule has 5 nitrogen and oxygen atoms in total. The molecule has 2 amide bonds. The Morgan fingerprint density at radius 1 is 1.23 bits per heavy atom. The first-order valence-electron chi connectivity index (χ1n) is 8.30. The summed E-state index contributed by atoms with van der Waals surface area (Å²) in [6, 6.07) is 2.04. The molecule has 0 spiro atoms. The molecule has 0 fully saturated rings. The van der Waals surface area contributed by atoms with Gasteiger partial charge in [0.05, 0.1) is 16.3 Å². The van der Waals surface area contributed by atoms with E-state index >= 15 is 0 Å². The van der Waals surface area contributed by atoms with Crippen molar-refractivity contribution in [3.05, 3.63) is 39.7 Å². The maximum absolute atomic E-state index is 14.5. The van der Waals surface area contributed by atoms with Gasteiger partial charge in [0.1, 0.15) is 11.8 Å². The number of carbonyl (C=O) groups is 3. The number of nitrogens with zero attached hydrogens (tertiary/aromatic N) is 1.